The van der Waals surface area contributed by atoms with Gasteiger partial charge in [-0.25, -0.2) is 4.90 Å². The highest BCUT2D eigenvalue weighted by Crippen LogP contribution is 2.28. The summed E-state index contributed by atoms with van der Waals surface area (Å²) in [6, 6.07) is 14.6. The molecule has 0 aromatic heterocycles. The number of benzene rings is 2. The first-order chi connectivity index (χ1) is 11.1. The van der Waals surface area contributed by atoms with Gasteiger partial charge in [0, 0.05) is 10.2 Å². The van der Waals surface area contributed by atoms with E-state index in [9.17, 15) is 9.59 Å². The molecule has 0 radical (unpaired) electrons. The van der Waals surface area contributed by atoms with E-state index in [1.54, 1.807) is 0 Å². The number of rotatable bonds is 4. The number of para-hydroxylation sites is 1. The van der Waals surface area contributed by atoms with E-state index in [0.29, 0.717) is 5.69 Å². The van der Waals surface area contributed by atoms with Crippen LogP contribution in [-0.2, 0) is 16.0 Å². The zero-order valence-electron chi connectivity index (χ0n) is 12.8. The highest BCUT2D eigenvalue weighted by Gasteiger charge is 2.39. The van der Waals surface area contributed by atoms with Crippen LogP contribution in [-0.4, -0.2) is 17.9 Å². The summed E-state index contributed by atoms with van der Waals surface area (Å²) in [5, 5.41) is 3.15. The summed E-state index contributed by atoms with van der Waals surface area (Å²) in [6.07, 6.45) is 1.09. The highest BCUT2D eigenvalue weighted by molar-refractivity contribution is 9.10. The molecule has 1 saturated heterocycles. The van der Waals surface area contributed by atoms with Gasteiger partial charge in [-0.1, -0.05) is 31.2 Å². The topological polar surface area (TPSA) is 49.4 Å². The van der Waals surface area contributed by atoms with Crippen LogP contribution in [0.2, 0.25) is 0 Å². The van der Waals surface area contributed by atoms with Gasteiger partial charge in [-0.2, -0.15) is 0 Å². The van der Waals surface area contributed by atoms with Crippen molar-refractivity contribution >= 4 is 39.1 Å². The molecular weight excluding hydrogens is 356 g/mol. The van der Waals surface area contributed by atoms with Crippen LogP contribution in [0.5, 0.6) is 0 Å². The van der Waals surface area contributed by atoms with Crippen LogP contribution in [0.1, 0.15) is 18.9 Å². The van der Waals surface area contributed by atoms with Gasteiger partial charge in [0.2, 0.25) is 5.91 Å². The Hall–Kier alpha value is -2.14. The van der Waals surface area contributed by atoms with Crippen molar-refractivity contribution in [2.75, 3.05) is 10.2 Å². The molecule has 1 N–H and O–H groups in total. The third-order valence-electron chi connectivity index (χ3n) is 3.95. The van der Waals surface area contributed by atoms with Crippen LogP contribution in [0, 0.1) is 0 Å². The summed E-state index contributed by atoms with van der Waals surface area (Å²) < 4.78 is 0.867. The van der Waals surface area contributed by atoms with Gasteiger partial charge in [0.1, 0.15) is 6.04 Å². The van der Waals surface area contributed by atoms with Crippen molar-refractivity contribution in [1.82, 2.24) is 0 Å². The molecule has 2 amide bonds. The van der Waals surface area contributed by atoms with Crippen LogP contribution in [0.3, 0.4) is 0 Å². The molecule has 2 aromatic carbocycles. The fourth-order valence-corrected chi connectivity index (χ4v) is 3.06. The fourth-order valence-electron chi connectivity index (χ4n) is 2.66. The Balaban J connectivity index is 1.80. The number of aryl methyl sites for hydroxylation is 1. The van der Waals surface area contributed by atoms with Gasteiger partial charge in [-0.3, -0.25) is 9.59 Å². The lowest BCUT2D eigenvalue weighted by atomic mass is 10.1. The maximum Gasteiger partial charge on any atom is 0.256 e. The van der Waals surface area contributed by atoms with Gasteiger partial charge in [0.25, 0.3) is 5.91 Å². The fraction of sp³-hybridized carbons (Fsp3) is 0.222. The van der Waals surface area contributed by atoms with E-state index in [2.05, 4.69) is 28.2 Å². The maximum absolute atomic E-state index is 12.6. The second kappa shape index (κ2) is 6.54. The third kappa shape index (κ3) is 3.15. The summed E-state index contributed by atoms with van der Waals surface area (Å²) in [5.74, 6) is -0.390. The molecule has 1 aliphatic rings. The molecule has 1 unspecified atom stereocenters. The third-order valence-corrected chi connectivity index (χ3v) is 4.64. The molecule has 5 heteroatoms. The minimum Gasteiger partial charge on any atom is -0.372 e. The van der Waals surface area contributed by atoms with Crippen molar-refractivity contribution in [3.63, 3.8) is 0 Å². The molecule has 0 bridgehead atoms. The van der Waals surface area contributed by atoms with Gasteiger partial charge in [0.15, 0.2) is 0 Å². The minimum atomic E-state index is -0.535. The second-order valence-electron chi connectivity index (χ2n) is 5.47. The molecule has 1 aliphatic heterocycles. The van der Waals surface area contributed by atoms with Crippen LogP contribution in [0.4, 0.5) is 11.4 Å². The predicted octanol–water partition coefficient (Wildman–Crippen LogP) is 3.76. The number of halogens is 1. The van der Waals surface area contributed by atoms with Crippen LogP contribution in [0.15, 0.2) is 53.0 Å². The molecule has 4 nitrogen and oxygen atoms in total. The normalized spacial score (nSPS) is 17.7. The number of carbonyl (C=O) groups is 2. The molecule has 1 atom stereocenters. The monoisotopic (exact) mass is 372 g/mol. The Morgan fingerprint density at radius 3 is 2.48 bits per heavy atom. The number of carbonyl (C=O) groups excluding carboxylic acids is 2. The number of hydrogen-bond donors (Lipinski definition) is 1. The van der Waals surface area contributed by atoms with E-state index in [0.717, 1.165) is 16.6 Å². The average molecular weight is 373 g/mol. The van der Waals surface area contributed by atoms with Gasteiger partial charge >= 0.3 is 0 Å². The van der Waals surface area contributed by atoms with Crippen molar-refractivity contribution < 1.29 is 9.59 Å². The van der Waals surface area contributed by atoms with E-state index in [4.69, 9.17) is 0 Å². The SMILES string of the molecule is CCc1ccc(N2C(=O)CC(Nc3ccccc3Br)C2=O)cc1. The molecule has 23 heavy (non-hydrogen) atoms. The lowest BCUT2D eigenvalue weighted by Crippen LogP contribution is -2.34. The number of hydrogen-bond acceptors (Lipinski definition) is 3. The number of nitrogens with zero attached hydrogens (tertiary/aromatic N) is 1. The number of imide groups is 1. The van der Waals surface area contributed by atoms with E-state index in [-0.39, 0.29) is 18.2 Å². The molecule has 0 spiro atoms. The van der Waals surface area contributed by atoms with Gasteiger partial charge in [-0.05, 0) is 52.2 Å². The van der Waals surface area contributed by atoms with Crippen LogP contribution < -0.4 is 10.2 Å². The first kappa shape index (κ1) is 15.7. The summed E-state index contributed by atoms with van der Waals surface area (Å²) >= 11 is 3.44. The Labute approximate surface area is 143 Å². The molecule has 118 valence electrons. The van der Waals surface area contributed by atoms with Gasteiger partial charge in [0.05, 0.1) is 12.1 Å². The lowest BCUT2D eigenvalue weighted by Gasteiger charge is -2.17. The first-order valence-electron chi connectivity index (χ1n) is 7.57. The maximum atomic E-state index is 12.6. The molecule has 2 aromatic rings. The Bertz CT molecular complexity index is 743. The first-order valence-corrected chi connectivity index (χ1v) is 8.36. The summed E-state index contributed by atoms with van der Waals surface area (Å²) in [7, 11) is 0. The van der Waals surface area contributed by atoms with Crippen molar-refractivity contribution in [1.29, 1.82) is 0 Å². The van der Waals surface area contributed by atoms with Crippen LogP contribution >= 0.6 is 15.9 Å². The summed E-state index contributed by atoms with van der Waals surface area (Å²) in [6.45, 7) is 2.07. The molecule has 0 saturated carbocycles. The zero-order valence-corrected chi connectivity index (χ0v) is 14.3. The van der Waals surface area contributed by atoms with E-state index >= 15 is 0 Å². The summed E-state index contributed by atoms with van der Waals surface area (Å²) in [5.41, 5.74) is 2.62. The van der Waals surface area contributed by atoms with E-state index < -0.39 is 6.04 Å². The molecule has 3 rings (SSSR count). The number of anilines is 2. The van der Waals surface area contributed by atoms with Crippen molar-refractivity contribution in [2.24, 2.45) is 0 Å². The molecular formula is C18H17BrN2O2. The number of nitrogens with one attached hydrogen (secondary N) is 1. The molecule has 1 fully saturated rings. The number of amides is 2. The van der Waals surface area contributed by atoms with Crippen molar-refractivity contribution in [3.8, 4) is 0 Å². The quantitative estimate of drug-likeness (QED) is 0.831. The minimum absolute atomic E-state index is 0.162. The average Bonchev–Trinajstić information content (AvgIpc) is 2.84. The zero-order chi connectivity index (χ0) is 16.4. The Morgan fingerprint density at radius 1 is 1.13 bits per heavy atom. The molecule has 1 heterocycles. The van der Waals surface area contributed by atoms with E-state index in [1.807, 2.05) is 48.5 Å². The standard InChI is InChI=1S/C18H17BrN2O2/c1-2-12-7-9-13(10-8-12)21-17(22)11-16(18(21)23)20-15-6-4-3-5-14(15)19/h3-10,16,20H,2,11H2,1H3. The Morgan fingerprint density at radius 2 is 1.83 bits per heavy atom. The second-order valence-corrected chi connectivity index (χ2v) is 6.32. The predicted molar refractivity (Wildman–Crippen MR) is 94.5 cm³/mol. The van der Waals surface area contributed by atoms with Crippen molar-refractivity contribution in [3.05, 3.63) is 58.6 Å². The largest absolute Gasteiger partial charge is 0.372 e. The smallest absolute Gasteiger partial charge is 0.256 e. The lowest BCUT2D eigenvalue weighted by molar-refractivity contribution is -0.121. The summed E-state index contributed by atoms with van der Waals surface area (Å²) in [4.78, 5) is 26.2. The molecule has 0 aliphatic carbocycles. The highest BCUT2D eigenvalue weighted by atomic mass is 79.9. The van der Waals surface area contributed by atoms with E-state index in [1.165, 1.54) is 10.5 Å². The van der Waals surface area contributed by atoms with Gasteiger partial charge < -0.3 is 5.32 Å². The van der Waals surface area contributed by atoms with Crippen molar-refractivity contribution in [2.45, 2.75) is 25.8 Å². The van der Waals surface area contributed by atoms with Crippen LogP contribution in [0.25, 0.3) is 0 Å². The Kier molecular flexibility index (Phi) is 4.48. The van der Waals surface area contributed by atoms with Gasteiger partial charge in [-0.15, -0.1) is 0 Å².